The second kappa shape index (κ2) is 3.31. The van der Waals surface area contributed by atoms with Crippen LogP contribution in [0.3, 0.4) is 0 Å². The molecule has 1 saturated heterocycles. The average Bonchev–Trinajstić information content (AvgIpc) is 1.79. The van der Waals surface area contributed by atoms with E-state index < -0.39 is 11.4 Å². The van der Waals surface area contributed by atoms with Crippen molar-refractivity contribution >= 4 is 11.4 Å². The Morgan fingerprint density at radius 2 is 2.18 bits per heavy atom. The van der Waals surface area contributed by atoms with Crippen molar-refractivity contribution in [3.05, 3.63) is 0 Å². The molecule has 0 amide bonds. The second-order valence-electron chi connectivity index (χ2n) is 3.66. The molecule has 3 nitrogen and oxygen atoms in total. The molecule has 4 heteroatoms. The molecular formula is C7H15NO2S. The lowest BCUT2D eigenvalue weighted by Gasteiger charge is -2.33. The highest BCUT2D eigenvalue weighted by atomic mass is 32.2. The van der Waals surface area contributed by atoms with E-state index in [9.17, 15) is 4.55 Å². The molecule has 1 aliphatic rings. The Hall–Kier alpha value is 0.230. The molecule has 0 bridgehead atoms. The molecule has 1 aliphatic heterocycles. The Labute approximate surface area is 70.6 Å². The van der Waals surface area contributed by atoms with Gasteiger partial charge in [-0.3, -0.25) is 0 Å². The molecule has 0 saturated carbocycles. The Balaban J connectivity index is 2.32. The van der Waals surface area contributed by atoms with E-state index >= 15 is 0 Å². The third kappa shape index (κ3) is 2.33. The number of ether oxygens (including phenoxy) is 1. The maximum Gasteiger partial charge on any atom is 0.139 e. The Morgan fingerprint density at radius 3 is 2.45 bits per heavy atom. The Morgan fingerprint density at radius 1 is 1.64 bits per heavy atom. The van der Waals surface area contributed by atoms with Gasteiger partial charge >= 0.3 is 0 Å². The van der Waals surface area contributed by atoms with Crippen LogP contribution in [0.5, 0.6) is 0 Å². The van der Waals surface area contributed by atoms with Gasteiger partial charge in [-0.15, -0.1) is 0 Å². The van der Waals surface area contributed by atoms with Gasteiger partial charge < -0.3 is 9.29 Å². The van der Waals surface area contributed by atoms with Gasteiger partial charge in [-0.05, 0) is 13.8 Å². The van der Waals surface area contributed by atoms with Crippen LogP contribution in [-0.4, -0.2) is 22.5 Å². The maximum absolute atomic E-state index is 11.0. The minimum absolute atomic E-state index is 0.256. The highest BCUT2D eigenvalue weighted by Gasteiger charge is 2.35. The van der Waals surface area contributed by atoms with E-state index in [1.165, 1.54) is 0 Å². The lowest BCUT2D eigenvalue weighted by Crippen LogP contribution is -2.43. The number of hydrogen-bond acceptors (Lipinski definition) is 3. The van der Waals surface area contributed by atoms with Crippen molar-refractivity contribution in [2.24, 2.45) is 11.1 Å². The molecule has 1 heterocycles. The molecule has 0 spiro atoms. The summed E-state index contributed by atoms with van der Waals surface area (Å²) in [6.45, 7) is 5.48. The summed E-state index contributed by atoms with van der Waals surface area (Å²) in [7, 11) is 0. The highest BCUT2D eigenvalue weighted by molar-refractivity contribution is 7.90. The number of hydrogen-bond donors (Lipinski definition) is 1. The summed E-state index contributed by atoms with van der Waals surface area (Å²) >= 11 is -1.22. The largest absolute Gasteiger partial charge is 0.598 e. The Kier molecular flexibility index (Phi) is 2.80. The third-order valence-corrected chi connectivity index (χ3v) is 3.29. The lowest BCUT2D eigenvalue weighted by atomic mass is 9.95. The summed E-state index contributed by atoms with van der Waals surface area (Å²) in [5.41, 5.74) is 0. The molecule has 0 aliphatic carbocycles. The predicted octanol–water partition coefficient (Wildman–Crippen LogP) is 0.424. The first-order valence-electron chi connectivity index (χ1n) is 3.76. The smallest absolute Gasteiger partial charge is 0.139 e. The summed E-state index contributed by atoms with van der Waals surface area (Å²) < 4.78 is 15.8. The van der Waals surface area contributed by atoms with E-state index in [1.54, 1.807) is 0 Å². The molecule has 1 unspecified atom stereocenters. The van der Waals surface area contributed by atoms with Crippen molar-refractivity contribution in [2.45, 2.75) is 25.0 Å². The zero-order valence-electron chi connectivity index (χ0n) is 7.00. The first kappa shape index (κ1) is 9.32. The van der Waals surface area contributed by atoms with Crippen molar-refractivity contribution in [2.75, 3.05) is 13.2 Å². The second-order valence-corrected chi connectivity index (χ2v) is 5.36. The summed E-state index contributed by atoms with van der Waals surface area (Å²) in [6.07, 6.45) is 0.899. The highest BCUT2D eigenvalue weighted by Crippen LogP contribution is 2.27. The van der Waals surface area contributed by atoms with Crippen molar-refractivity contribution in [3.8, 4) is 0 Å². The molecule has 0 aromatic carbocycles. The fourth-order valence-electron chi connectivity index (χ4n) is 1.18. The Bertz CT molecular complexity index is 134. The van der Waals surface area contributed by atoms with Crippen LogP contribution in [0.2, 0.25) is 0 Å². The minimum Gasteiger partial charge on any atom is -0.598 e. The van der Waals surface area contributed by atoms with Crippen molar-refractivity contribution in [1.29, 1.82) is 0 Å². The van der Waals surface area contributed by atoms with Crippen LogP contribution in [0.15, 0.2) is 0 Å². The van der Waals surface area contributed by atoms with E-state index in [1.807, 2.05) is 13.8 Å². The monoisotopic (exact) mass is 177 g/mol. The molecule has 1 rings (SSSR count). The van der Waals surface area contributed by atoms with Crippen LogP contribution in [-0.2, 0) is 16.1 Å². The molecule has 1 fully saturated rings. The number of nitrogens with two attached hydrogens (primary N) is 1. The van der Waals surface area contributed by atoms with Crippen molar-refractivity contribution in [1.82, 2.24) is 0 Å². The standard InChI is InChI=1S/C7H15NO2S/c1-7(2,11(8)9)3-6-4-10-5-6/h6H,3-5,8H2,1-2H3. The van der Waals surface area contributed by atoms with Gasteiger partial charge in [-0.2, -0.15) is 5.14 Å². The van der Waals surface area contributed by atoms with Gasteiger partial charge in [0.05, 0.1) is 13.2 Å². The number of rotatable bonds is 3. The molecule has 1 atom stereocenters. The molecule has 0 radical (unpaired) electrons. The molecule has 11 heavy (non-hydrogen) atoms. The topological polar surface area (TPSA) is 58.3 Å². The summed E-state index contributed by atoms with van der Waals surface area (Å²) in [5.74, 6) is 0.567. The van der Waals surface area contributed by atoms with Gasteiger partial charge in [0.1, 0.15) is 4.75 Å². The van der Waals surface area contributed by atoms with E-state index in [4.69, 9.17) is 9.88 Å². The van der Waals surface area contributed by atoms with E-state index in [2.05, 4.69) is 0 Å². The van der Waals surface area contributed by atoms with Crippen molar-refractivity contribution in [3.63, 3.8) is 0 Å². The fraction of sp³-hybridized carbons (Fsp3) is 1.00. The van der Waals surface area contributed by atoms with Crippen LogP contribution in [0.1, 0.15) is 20.3 Å². The van der Waals surface area contributed by atoms with Crippen LogP contribution in [0.25, 0.3) is 0 Å². The van der Waals surface area contributed by atoms with Gasteiger partial charge in [-0.1, -0.05) is 0 Å². The predicted molar refractivity (Wildman–Crippen MR) is 45.3 cm³/mol. The zero-order valence-corrected chi connectivity index (χ0v) is 7.82. The van der Waals surface area contributed by atoms with Crippen LogP contribution in [0, 0.1) is 5.92 Å². The van der Waals surface area contributed by atoms with Crippen LogP contribution < -0.4 is 5.14 Å². The van der Waals surface area contributed by atoms with Crippen LogP contribution >= 0.6 is 0 Å². The summed E-state index contributed by atoms with van der Waals surface area (Å²) in [5, 5.41) is 5.33. The van der Waals surface area contributed by atoms with E-state index in [-0.39, 0.29) is 4.75 Å². The van der Waals surface area contributed by atoms with Gasteiger partial charge in [0, 0.05) is 23.7 Å². The van der Waals surface area contributed by atoms with E-state index in [0.717, 1.165) is 19.6 Å². The van der Waals surface area contributed by atoms with Crippen LogP contribution in [0.4, 0.5) is 0 Å². The maximum atomic E-state index is 11.0. The molecule has 0 aromatic rings. The zero-order chi connectivity index (χ0) is 8.48. The summed E-state index contributed by atoms with van der Waals surface area (Å²) in [4.78, 5) is 0. The van der Waals surface area contributed by atoms with Gasteiger partial charge in [0.2, 0.25) is 0 Å². The SMILES string of the molecule is CC(C)(CC1COC1)[S+](N)[O-]. The van der Waals surface area contributed by atoms with Crippen molar-refractivity contribution < 1.29 is 9.29 Å². The summed E-state index contributed by atoms with van der Waals surface area (Å²) in [6, 6.07) is 0. The van der Waals surface area contributed by atoms with Gasteiger partial charge in [0.15, 0.2) is 0 Å². The first-order valence-corrected chi connectivity index (χ1v) is 4.98. The fourth-order valence-corrected chi connectivity index (χ4v) is 1.58. The lowest BCUT2D eigenvalue weighted by molar-refractivity contribution is -0.0389. The normalized spacial score (nSPS) is 22.9. The first-order chi connectivity index (χ1) is 5.02. The van der Waals surface area contributed by atoms with Gasteiger partial charge in [0.25, 0.3) is 0 Å². The molecule has 66 valence electrons. The molecule has 0 aromatic heterocycles. The average molecular weight is 177 g/mol. The minimum atomic E-state index is -1.22. The van der Waals surface area contributed by atoms with Gasteiger partial charge in [-0.25, -0.2) is 0 Å². The quantitative estimate of drug-likeness (QED) is 0.636. The molecular weight excluding hydrogens is 162 g/mol. The molecule has 2 N–H and O–H groups in total. The third-order valence-electron chi connectivity index (χ3n) is 2.03. The van der Waals surface area contributed by atoms with E-state index in [0.29, 0.717) is 5.92 Å².